The van der Waals surface area contributed by atoms with Crippen LogP contribution in [0.5, 0.6) is 0 Å². The maximum atomic E-state index is 13.9. The zero-order valence-corrected chi connectivity index (χ0v) is 39.0. The molecule has 0 N–H and O–H groups in total. The van der Waals surface area contributed by atoms with Crippen molar-refractivity contribution in [3.05, 3.63) is 0 Å². The molecule has 7 aliphatic carbocycles. The SMILES string of the molecule is CC(C)(C1CCC(OC2CCC3C(=O)N(C4CCCCC4)C(=O)C3C2)CC1)C1CCC(OC2CCC3C(=O)N(C4CCC(OC5CCC(S(C)(=O)=O)CC5)CC4)C(=O)C3C2)CC1. The molecule has 9 rings (SSSR count). The van der Waals surface area contributed by atoms with Crippen LogP contribution in [0.25, 0.3) is 0 Å². The van der Waals surface area contributed by atoms with E-state index in [1.165, 1.54) is 38.4 Å². The van der Waals surface area contributed by atoms with E-state index in [2.05, 4.69) is 13.8 Å². The van der Waals surface area contributed by atoms with Crippen LogP contribution in [-0.4, -0.2) is 102 Å². The van der Waals surface area contributed by atoms with Crippen molar-refractivity contribution in [1.29, 1.82) is 0 Å². The molecule has 2 aliphatic heterocycles. The largest absolute Gasteiger partial charge is 0.375 e. The summed E-state index contributed by atoms with van der Waals surface area (Å²) in [6.07, 6.45) is 27.3. The molecule has 0 bridgehead atoms. The average Bonchev–Trinajstić information content (AvgIpc) is 3.67. The molecule has 7 saturated carbocycles. The summed E-state index contributed by atoms with van der Waals surface area (Å²) < 4.78 is 43.9. The van der Waals surface area contributed by atoms with Crippen LogP contribution in [0.1, 0.15) is 187 Å². The van der Waals surface area contributed by atoms with Crippen LogP contribution in [0.4, 0.5) is 0 Å². The lowest BCUT2D eigenvalue weighted by atomic mass is 9.60. The quantitative estimate of drug-likeness (QED) is 0.187. The van der Waals surface area contributed by atoms with Crippen molar-refractivity contribution < 1.29 is 41.8 Å². The third kappa shape index (κ3) is 9.38. The van der Waals surface area contributed by atoms with Gasteiger partial charge < -0.3 is 14.2 Å². The molecule has 12 heteroatoms. The zero-order chi connectivity index (χ0) is 43.3. The number of nitrogens with zero attached hydrogens (tertiary/aromatic N) is 2. The van der Waals surface area contributed by atoms with Crippen LogP contribution in [0, 0.1) is 40.9 Å². The molecule has 11 nitrogen and oxygen atoms in total. The van der Waals surface area contributed by atoms with Crippen molar-refractivity contribution in [1.82, 2.24) is 9.80 Å². The van der Waals surface area contributed by atoms with E-state index in [4.69, 9.17) is 14.2 Å². The number of carbonyl (C=O) groups is 4. The molecule has 0 aromatic rings. The number of amides is 4. The fourth-order valence-electron chi connectivity index (χ4n) is 14.7. The smallest absolute Gasteiger partial charge is 0.233 e. The molecular formula is C50H78N2O9S. The van der Waals surface area contributed by atoms with Gasteiger partial charge >= 0.3 is 0 Å². The van der Waals surface area contributed by atoms with Gasteiger partial charge in [0.1, 0.15) is 9.84 Å². The van der Waals surface area contributed by atoms with Gasteiger partial charge in [0.25, 0.3) is 0 Å². The number of ether oxygens (including phenoxy) is 3. The monoisotopic (exact) mass is 883 g/mol. The lowest BCUT2D eigenvalue weighted by molar-refractivity contribution is -0.145. The van der Waals surface area contributed by atoms with Crippen molar-refractivity contribution in [2.75, 3.05) is 6.26 Å². The Morgan fingerprint density at radius 1 is 0.419 bits per heavy atom. The summed E-state index contributed by atoms with van der Waals surface area (Å²) in [7, 11) is -3.00. The van der Waals surface area contributed by atoms with Crippen LogP contribution < -0.4 is 0 Å². The minimum Gasteiger partial charge on any atom is -0.375 e. The second kappa shape index (κ2) is 18.8. The van der Waals surface area contributed by atoms with Gasteiger partial charge in [-0.2, -0.15) is 0 Å². The van der Waals surface area contributed by atoms with Crippen LogP contribution >= 0.6 is 0 Å². The van der Waals surface area contributed by atoms with E-state index in [1.54, 1.807) is 9.80 Å². The molecular weight excluding hydrogens is 805 g/mol. The Labute approximate surface area is 372 Å². The van der Waals surface area contributed by atoms with Gasteiger partial charge in [-0.15, -0.1) is 0 Å². The second-order valence-corrected chi connectivity index (χ2v) is 24.8. The molecule has 9 fully saturated rings. The molecule has 6 unspecified atom stereocenters. The molecule has 2 saturated heterocycles. The van der Waals surface area contributed by atoms with Gasteiger partial charge in [0.15, 0.2) is 0 Å². The first-order chi connectivity index (χ1) is 29.7. The Kier molecular flexibility index (Phi) is 13.7. The van der Waals surface area contributed by atoms with Gasteiger partial charge in [0, 0.05) is 18.3 Å². The Morgan fingerprint density at radius 2 is 0.758 bits per heavy atom. The van der Waals surface area contributed by atoms with Gasteiger partial charge in [0.05, 0.1) is 65.5 Å². The maximum Gasteiger partial charge on any atom is 0.233 e. The van der Waals surface area contributed by atoms with E-state index in [9.17, 15) is 27.6 Å². The van der Waals surface area contributed by atoms with Crippen molar-refractivity contribution in [3.8, 4) is 0 Å². The van der Waals surface area contributed by atoms with E-state index in [-0.39, 0.29) is 107 Å². The zero-order valence-electron chi connectivity index (χ0n) is 38.2. The predicted octanol–water partition coefficient (Wildman–Crippen LogP) is 8.49. The van der Waals surface area contributed by atoms with E-state index >= 15 is 0 Å². The Hall–Kier alpha value is -1.89. The van der Waals surface area contributed by atoms with Gasteiger partial charge in [-0.3, -0.25) is 29.0 Å². The van der Waals surface area contributed by atoms with Crippen LogP contribution in [0.15, 0.2) is 0 Å². The number of likely N-dealkylation sites (tertiary alicyclic amines) is 2. The predicted molar refractivity (Wildman–Crippen MR) is 235 cm³/mol. The van der Waals surface area contributed by atoms with Gasteiger partial charge in [-0.05, 0) is 171 Å². The Morgan fingerprint density at radius 3 is 1.18 bits per heavy atom. The summed E-state index contributed by atoms with van der Waals surface area (Å²) in [4.78, 5) is 57.7. The average molecular weight is 883 g/mol. The molecule has 2 heterocycles. The fraction of sp³-hybridized carbons (Fsp3) is 0.920. The fourth-order valence-corrected chi connectivity index (χ4v) is 15.8. The first kappa shape index (κ1) is 45.3. The van der Waals surface area contributed by atoms with Crippen molar-refractivity contribution >= 4 is 33.5 Å². The molecule has 348 valence electrons. The first-order valence-corrected chi connectivity index (χ1v) is 27.6. The van der Waals surface area contributed by atoms with Crippen molar-refractivity contribution in [2.24, 2.45) is 40.9 Å². The van der Waals surface area contributed by atoms with Crippen molar-refractivity contribution in [2.45, 2.75) is 241 Å². The third-order valence-corrected chi connectivity index (χ3v) is 20.3. The summed E-state index contributed by atoms with van der Waals surface area (Å²) in [5.41, 5.74) is 0.246. The molecule has 0 spiro atoms. The molecule has 62 heavy (non-hydrogen) atoms. The summed E-state index contributed by atoms with van der Waals surface area (Å²) in [5, 5.41) is -0.243. The van der Waals surface area contributed by atoms with Crippen LogP contribution in [0.2, 0.25) is 0 Å². The van der Waals surface area contributed by atoms with Crippen LogP contribution in [0.3, 0.4) is 0 Å². The Bertz CT molecular complexity index is 1730. The highest BCUT2D eigenvalue weighted by Crippen LogP contribution is 2.51. The summed E-state index contributed by atoms with van der Waals surface area (Å²) >= 11 is 0. The Balaban J connectivity index is 0.681. The van der Waals surface area contributed by atoms with E-state index in [0.717, 1.165) is 116 Å². The number of hydrogen-bond acceptors (Lipinski definition) is 9. The van der Waals surface area contributed by atoms with Gasteiger partial charge in [-0.25, -0.2) is 8.42 Å². The number of sulfone groups is 1. The number of imide groups is 2. The first-order valence-electron chi connectivity index (χ1n) is 25.6. The third-order valence-electron chi connectivity index (χ3n) is 18.6. The second-order valence-electron chi connectivity index (χ2n) is 22.5. The van der Waals surface area contributed by atoms with Gasteiger partial charge in [-0.1, -0.05) is 33.1 Å². The highest BCUT2D eigenvalue weighted by Gasteiger charge is 2.54. The van der Waals surface area contributed by atoms with E-state index in [1.807, 2.05) is 0 Å². The minimum atomic E-state index is -3.00. The lowest BCUT2D eigenvalue weighted by Gasteiger charge is -2.47. The molecule has 9 aliphatic rings. The maximum absolute atomic E-state index is 13.9. The summed E-state index contributed by atoms with van der Waals surface area (Å²) in [6.45, 7) is 4.99. The molecule has 0 aromatic heterocycles. The lowest BCUT2D eigenvalue weighted by Crippen LogP contribution is -2.44. The highest BCUT2D eigenvalue weighted by molar-refractivity contribution is 7.91. The normalized spacial score (nSPS) is 41.7. The standard InChI is InChI=1S/C50H78N2O9S/c1-50(2,31-9-15-35(16-10-31)60-39-23-27-42-44(29-39)48(55)51(46(42)53)33-7-5-4-6-8-33)32-11-17-36(18-12-32)61-40-24-28-43-45(30-40)49(56)52(47(43)54)34-13-19-37(20-14-34)59-38-21-25-41(26-22-38)62(3,57)58/h31-45H,4-30H2,1-3H3. The van der Waals surface area contributed by atoms with E-state index < -0.39 is 9.84 Å². The number of rotatable bonds is 11. The molecule has 6 atom stereocenters. The van der Waals surface area contributed by atoms with Crippen molar-refractivity contribution in [3.63, 3.8) is 0 Å². The molecule has 4 amide bonds. The molecule has 0 radical (unpaired) electrons. The van der Waals surface area contributed by atoms with Crippen LogP contribution in [-0.2, 0) is 43.2 Å². The van der Waals surface area contributed by atoms with Gasteiger partial charge in [0.2, 0.25) is 23.6 Å². The minimum absolute atomic E-state index is 0.0244. The molecule has 0 aromatic carbocycles. The number of hydrogen-bond donors (Lipinski definition) is 0. The topological polar surface area (TPSA) is 137 Å². The van der Waals surface area contributed by atoms with E-state index in [0.29, 0.717) is 37.5 Å². The summed E-state index contributed by atoms with van der Waals surface area (Å²) in [6, 6.07) is 0.0785. The number of fused-ring (bicyclic) bond motifs is 2. The number of carbonyl (C=O) groups excluding carboxylic acids is 4. The summed E-state index contributed by atoms with van der Waals surface area (Å²) in [5.74, 6) is 0.830. The highest BCUT2D eigenvalue weighted by atomic mass is 32.2.